The van der Waals surface area contributed by atoms with E-state index in [1.165, 1.54) is 13.8 Å². The van der Waals surface area contributed by atoms with Gasteiger partial charge < -0.3 is 39.8 Å². The van der Waals surface area contributed by atoms with E-state index in [2.05, 4.69) is 10.6 Å². The van der Waals surface area contributed by atoms with E-state index in [0.717, 1.165) is 0 Å². The maximum absolute atomic E-state index is 14.6. The van der Waals surface area contributed by atoms with Gasteiger partial charge in [0, 0.05) is 0 Å². The van der Waals surface area contributed by atoms with Crippen LogP contribution in [0.4, 0.5) is 0 Å². The first-order valence-corrected chi connectivity index (χ1v) is 18.3. The van der Waals surface area contributed by atoms with E-state index in [1.807, 2.05) is 41.5 Å². The van der Waals surface area contributed by atoms with Gasteiger partial charge in [-0.1, -0.05) is 90.1 Å². The van der Waals surface area contributed by atoms with Crippen LogP contribution in [0.1, 0.15) is 77.6 Å². The molecular formula is C45H58N2O8. The van der Waals surface area contributed by atoms with Crippen molar-refractivity contribution >= 4 is 11.8 Å². The molecule has 0 aliphatic heterocycles. The van der Waals surface area contributed by atoms with Crippen LogP contribution >= 0.6 is 0 Å². The van der Waals surface area contributed by atoms with Gasteiger partial charge in [0.15, 0.2) is 0 Å². The highest BCUT2D eigenvalue weighted by molar-refractivity contribution is 6.04. The molecule has 2 atom stereocenters. The fraction of sp³-hybridized carbons (Fsp3) is 0.422. The second kappa shape index (κ2) is 16.4. The Morgan fingerprint density at radius 2 is 0.636 bits per heavy atom. The highest BCUT2D eigenvalue weighted by Gasteiger charge is 2.52. The van der Waals surface area contributed by atoms with Gasteiger partial charge in [0.1, 0.15) is 39.6 Å². The van der Waals surface area contributed by atoms with Gasteiger partial charge in [-0.05, 0) is 95.5 Å². The Labute approximate surface area is 326 Å². The number of ether oxygens (including phenoxy) is 4. The van der Waals surface area contributed by atoms with Gasteiger partial charge >= 0.3 is 0 Å². The zero-order chi connectivity index (χ0) is 41.0. The first-order chi connectivity index (χ1) is 25.7. The first-order valence-electron chi connectivity index (χ1n) is 18.3. The quantitative estimate of drug-likeness (QED) is 0.101. The average molecular weight is 755 g/mol. The van der Waals surface area contributed by atoms with Crippen LogP contribution in [-0.4, -0.2) is 62.6 Å². The van der Waals surface area contributed by atoms with Crippen LogP contribution in [0, 0.1) is 16.2 Å². The topological polar surface area (TPSA) is 136 Å². The molecule has 0 saturated carbocycles. The Morgan fingerprint density at radius 1 is 0.436 bits per heavy atom. The summed E-state index contributed by atoms with van der Waals surface area (Å²) >= 11 is 0. The lowest BCUT2D eigenvalue weighted by Gasteiger charge is -2.47. The average Bonchev–Trinajstić information content (AvgIpc) is 3.17. The minimum atomic E-state index is -1.77. The standard InChI is InChI=1S/C45H58N2O8/c1-41(2,3)37(44(50,29-13-21-33(52-9)22-14-29)30-15-23-34(53-10)24-16-30)46-39(48)43(7,8)40(49)47-38(42(4,5)6)45(51,31-17-25-35(54-11)26-18-31)32-19-27-36(55-12)28-20-32/h13-28,37-38,50-51H,1-12H3,(H,46,48)(H,47,49). The fourth-order valence-corrected chi connectivity index (χ4v) is 7.00. The number of hydrogen-bond acceptors (Lipinski definition) is 8. The third-order valence-electron chi connectivity index (χ3n) is 10.4. The van der Waals surface area contributed by atoms with E-state index in [1.54, 1.807) is 126 Å². The van der Waals surface area contributed by atoms with Gasteiger partial charge in [-0.3, -0.25) is 9.59 Å². The van der Waals surface area contributed by atoms with Crippen LogP contribution in [0.2, 0.25) is 0 Å². The van der Waals surface area contributed by atoms with Gasteiger partial charge in [0.25, 0.3) is 0 Å². The predicted molar refractivity (Wildman–Crippen MR) is 215 cm³/mol. The van der Waals surface area contributed by atoms with Crippen molar-refractivity contribution in [1.82, 2.24) is 10.6 Å². The number of hydrogen-bond donors (Lipinski definition) is 4. The van der Waals surface area contributed by atoms with E-state index in [-0.39, 0.29) is 0 Å². The van der Waals surface area contributed by atoms with E-state index < -0.39 is 51.3 Å². The van der Waals surface area contributed by atoms with Crippen LogP contribution < -0.4 is 29.6 Å². The molecule has 4 N–H and O–H groups in total. The number of rotatable bonds is 14. The Hall–Kier alpha value is -5.06. The lowest BCUT2D eigenvalue weighted by molar-refractivity contribution is -0.146. The molecule has 0 heterocycles. The zero-order valence-electron chi connectivity index (χ0n) is 34.2. The molecule has 10 heteroatoms. The molecule has 0 radical (unpaired) electrons. The number of carbonyl (C=O) groups excluding carboxylic acids is 2. The molecule has 4 aromatic carbocycles. The van der Waals surface area contributed by atoms with Crippen molar-refractivity contribution in [3.63, 3.8) is 0 Å². The second-order valence-electron chi connectivity index (χ2n) is 16.6. The first kappa shape index (κ1) is 42.7. The Kier molecular flexibility index (Phi) is 12.7. The molecule has 10 nitrogen and oxygen atoms in total. The van der Waals surface area contributed by atoms with Crippen molar-refractivity contribution in [2.24, 2.45) is 16.2 Å². The maximum atomic E-state index is 14.6. The molecule has 2 unspecified atom stereocenters. The van der Waals surface area contributed by atoms with E-state index in [9.17, 15) is 19.8 Å². The van der Waals surface area contributed by atoms with Crippen LogP contribution in [0.15, 0.2) is 97.1 Å². The van der Waals surface area contributed by atoms with Gasteiger partial charge in [-0.15, -0.1) is 0 Å². The van der Waals surface area contributed by atoms with Crippen molar-refractivity contribution in [3.8, 4) is 23.0 Å². The lowest BCUT2D eigenvalue weighted by atomic mass is 9.68. The molecular weight excluding hydrogens is 697 g/mol. The molecule has 2 amide bonds. The normalized spacial score (nSPS) is 13.6. The van der Waals surface area contributed by atoms with Gasteiger partial charge in [-0.25, -0.2) is 0 Å². The minimum Gasteiger partial charge on any atom is -0.497 e. The number of nitrogens with one attached hydrogen (secondary N) is 2. The summed E-state index contributed by atoms with van der Waals surface area (Å²) in [5.41, 5.74) is -4.66. The molecule has 4 aromatic rings. The van der Waals surface area contributed by atoms with Crippen LogP contribution in [0.5, 0.6) is 23.0 Å². The maximum Gasteiger partial charge on any atom is 0.235 e. The molecule has 0 fully saturated rings. The summed E-state index contributed by atoms with van der Waals surface area (Å²) in [7, 11) is 6.26. The SMILES string of the molecule is COc1ccc(C(O)(c2ccc(OC)cc2)C(NC(=O)C(C)(C)C(=O)NC(C(C)(C)C)C(O)(c2ccc(OC)cc2)c2ccc(OC)cc2)C(C)(C)C)cc1. The zero-order valence-corrected chi connectivity index (χ0v) is 34.2. The number of aliphatic hydroxyl groups is 2. The van der Waals surface area contributed by atoms with Crippen LogP contribution in [-0.2, 0) is 20.8 Å². The predicted octanol–water partition coefficient (Wildman–Crippen LogP) is 6.98. The number of amides is 2. The van der Waals surface area contributed by atoms with Gasteiger partial charge in [0.2, 0.25) is 11.8 Å². The van der Waals surface area contributed by atoms with Crippen molar-refractivity contribution in [3.05, 3.63) is 119 Å². The highest BCUT2D eigenvalue weighted by Crippen LogP contribution is 2.44. The molecule has 0 bridgehead atoms. The second-order valence-corrected chi connectivity index (χ2v) is 16.6. The van der Waals surface area contributed by atoms with Crippen molar-refractivity contribution in [2.45, 2.75) is 78.7 Å². The minimum absolute atomic E-state index is 0.512. The number of methoxy groups -OCH3 is 4. The molecule has 0 aliphatic carbocycles. The summed E-state index contributed by atoms with van der Waals surface area (Å²) in [6.07, 6.45) is 0. The summed E-state index contributed by atoms with van der Waals surface area (Å²) in [5, 5.41) is 32.2. The summed E-state index contributed by atoms with van der Waals surface area (Å²) < 4.78 is 21.6. The third-order valence-corrected chi connectivity index (χ3v) is 10.4. The Bertz CT molecular complexity index is 1660. The molecule has 0 saturated heterocycles. The molecule has 0 aliphatic rings. The van der Waals surface area contributed by atoms with Gasteiger partial charge in [0.05, 0.1) is 40.5 Å². The lowest BCUT2D eigenvalue weighted by Crippen LogP contribution is -2.64. The fourth-order valence-electron chi connectivity index (χ4n) is 7.00. The van der Waals surface area contributed by atoms with Crippen LogP contribution in [0.25, 0.3) is 0 Å². The van der Waals surface area contributed by atoms with Crippen LogP contribution in [0.3, 0.4) is 0 Å². The monoisotopic (exact) mass is 754 g/mol. The van der Waals surface area contributed by atoms with Crippen molar-refractivity contribution in [2.75, 3.05) is 28.4 Å². The number of benzene rings is 4. The van der Waals surface area contributed by atoms with Gasteiger partial charge in [-0.2, -0.15) is 0 Å². The Balaban J connectivity index is 1.79. The highest BCUT2D eigenvalue weighted by atomic mass is 16.5. The Morgan fingerprint density at radius 3 is 0.800 bits per heavy atom. The molecule has 4 rings (SSSR count). The van der Waals surface area contributed by atoms with E-state index in [4.69, 9.17) is 18.9 Å². The smallest absolute Gasteiger partial charge is 0.235 e. The molecule has 55 heavy (non-hydrogen) atoms. The van der Waals surface area contributed by atoms with Crippen molar-refractivity contribution in [1.29, 1.82) is 0 Å². The number of carbonyl (C=O) groups is 2. The third kappa shape index (κ3) is 8.76. The molecule has 0 aromatic heterocycles. The summed E-state index contributed by atoms with van der Waals surface area (Å²) in [5.74, 6) is 1.19. The largest absolute Gasteiger partial charge is 0.497 e. The summed E-state index contributed by atoms with van der Waals surface area (Å²) in [6, 6.07) is 26.2. The molecule has 296 valence electrons. The van der Waals surface area contributed by atoms with Crippen molar-refractivity contribution < 1.29 is 38.7 Å². The molecule has 0 spiro atoms. The van der Waals surface area contributed by atoms with E-state index in [0.29, 0.717) is 45.3 Å². The summed E-state index contributed by atoms with van der Waals surface area (Å²) in [4.78, 5) is 29.2. The summed E-state index contributed by atoms with van der Waals surface area (Å²) in [6.45, 7) is 14.6. The van der Waals surface area contributed by atoms with E-state index >= 15 is 0 Å².